The van der Waals surface area contributed by atoms with Crippen molar-refractivity contribution in [2.45, 2.75) is 127 Å². The largest absolute Gasteiger partial charge is 0.481 e. The molecule has 1 saturated heterocycles. The number of carboxylic acids is 2. The van der Waals surface area contributed by atoms with Gasteiger partial charge in [-0.3, -0.25) is 47.9 Å². The Labute approximate surface area is 638 Å². The zero-order valence-corrected chi connectivity index (χ0v) is 63.4. The van der Waals surface area contributed by atoms with Gasteiger partial charge in [0, 0.05) is 80.5 Å². The van der Waals surface area contributed by atoms with Gasteiger partial charge in [0.1, 0.15) is 31.3 Å². The van der Waals surface area contributed by atoms with Gasteiger partial charge in [-0.1, -0.05) is 71.0 Å². The summed E-state index contributed by atoms with van der Waals surface area (Å²) in [6.45, 7) is 6.41. The van der Waals surface area contributed by atoms with Crippen molar-refractivity contribution in [3.63, 3.8) is 0 Å². The molecule has 1 unspecified atom stereocenters. The summed E-state index contributed by atoms with van der Waals surface area (Å²) in [5.74, 6) is -10.5. The van der Waals surface area contributed by atoms with E-state index in [0.29, 0.717) is 36.3 Å². The number of aliphatic carboxylic acids is 2. The van der Waals surface area contributed by atoms with Gasteiger partial charge in [-0.15, -0.1) is 0 Å². The first-order valence-electron chi connectivity index (χ1n) is 35.8. The SMILES string of the molecule is CCCNC(=O)Nc1cccc(S(=O)(=O)Nc2cccc([C@@H](CC(=O)O)NC(=O)Nc3ccc(NC(=O)N(C)CC(=O)N(C)CC(=O)N(C)CC(=O)N(C)CC(=O)N[C@@H](CC(=O)O)C(=O)N4CCC[C@H]4C(=O)N[C@H](C(=O)OC4(CC)C(=O)OCc5c4cc4n(c5=O)Cc5c-4nc4ccccc4c5CC)C(C)C)cc3)c2)c1. The van der Waals surface area contributed by atoms with Crippen LogP contribution in [-0.2, 0) is 92.6 Å². The first-order chi connectivity index (χ1) is 52.6. The molecule has 590 valence electrons. The highest BCUT2D eigenvalue weighted by molar-refractivity contribution is 7.92. The number of esters is 2. The summed E-state index contributed by atoms with van der Waals surface area (Å²) in [6.07, 6.45) is -0.0798. The number of para-hydroxylation sites is 1. The quantitative estimate of drug-likeness (QED) is 0.0268. The Morgan fingerprint density at radius 2 is 1.31 bits per heavy atom. The number of hydrogen-bond acceptors (Lipinski definition) is 19. The maximum atomic E-state index is 14.5. The second kappa shape index (κ2) is 35.7. The van der Waals surface area contributed by atoms with Crippen molar-refractivity contribution in [3.8, 4) is 11.4 Å². The monoisotopic (exact) mass is 1550 g/mol. The van der Waals surface area contributed by atoms with Gasteiger partial charge < -0.3 is 86.0 Å². The summed E-state index contributed by atoms with van der Waals surface area (Å²) in [5.41, 5.74) is 2.09. The number of aromatic nitrogens is 2. The Kier molecular flexibility index (Phi) is 26.5. The van der Waals surface area contributed by atoms with Crippen LogP contribution in [-0.4, -0.2) is 216 Å². The summed E-state index contributed by atoms with van der Waals surface area (Å²) < 4.78 is 42.5. The molecule has 0 aliphatic carbocycles. The minimum atomic E-state index is -4.23. The summed E-state index contributed by atoms with van der Waals surface area (Å²) in [4.78, 5) is 198. The Morgan fingerprint density at radius 3 is 1.95 bits per heavy atom. The van der Waals surface area contributed by atoms with E-state index in [1.807, 2.05) is 38.1 Å². The van der Waals surface area contributed by atoms with Crippen LogP contribution in [0.4, 0.5) is 37.1 Å². The third-order valence-corrected chi connectivity index (χ3v) is 20.4. The van der Waals surface area contributed by atoms with E-state index in [1.54, 1.807) is 31.4 Å². The smallest absolute Gasteiger partial charge is 0.355 e. The maximum Gasteiger partial charge on any atom is 0.355 e. The average Bonchev–Trinajstić information content (AvgIpc) is 1.62. The number of carbonyl (C=O) groups excluding carboxylic acids is 11. The van der Waals surface area contributed by atoms with Gasteiger partial charge in [0.15, 0.2) is 0 Å². The van der Waals surface area contributed by atoms with Crippen LogP contribution in [0.1, 0.15) is 107 Å². The lowest BCUT2D eigenvalue weighted by molar-refractivity contribution is -0.191. The molecule has 0 bridgehead atoms. The number of pyridine rings is 2. The lowest BCUT2D eigenvalue weighted by atomic mass is 9.85. The summed E-state index contributed by atoms with van der Waals surface area (Å²) >= 11 is 0. The number of urea groups is 3. The van der Waals surface area contributed by atoms with E-state index in [9.17, 15) is 85.8 Å². The Hall–Kier alpha value is -12.5. The number of amides is 12. The molecule has 111 heavy (non-hydrogen) atoms. The molecule has 9 rings (SSSR count). The predicted molar refractivity (Wildman–Crippen MR) is 403 cm³/mol. The number of fused-ring (bicyclic) bond motifs is 5. The number of carbonyl (C=O) groups is 13. The first kappa shape index (κ1) is 82.6. The first-order valence-corrected chi connectivity index (χ1v) is 37.3. The molecule has 0 spiro atoms. The lowest BCUT2D eigenvalue weighted by Crippen LogP contribution is -2.58. The van der Waals surface area contributed by atoms with E-state index in [-0.39, 0.29) is 83.3 Å². The van der Waals surface area contributed by atoms with Gasteiger partial charge in [-0.05, 0) is 116 Å². The third kappa shape index (κ3) is 19.7. The van der Waals surface area contributed by atoms with Crippen LogP contribution in [0.5, 0.6) is 0 Å². The van der Waals surface area contributed by atoms with Gasteiger partial charge in [-0.2, -0.15) is 0 Å². The molecule has 6 aromatic rings. The highest BCUT2D eigenvalue weighted by Gasteiger charge is 2.52. The minimum Gasteiger partial charge on any atom is -0.481 e. The molecule has 1 fully saturated rings. The number of sulfonamides is 1. The molecule has 12 amide bonds. The number of nitrogens with zero attached hydrogens (tertiary/aromatic N) is 7. The zero-order chi connectivity index (χ0) is 80.9. The second-order valence-corrected chi connectivity index (χ2v) is 29.1. The van der Waals surface area contributed by atoms with Gasteiger partial charge in [0.25, 0.3) is 15.6 Å². The molecule has 0 saturated carbocycles. The topological polar surface area (TPSA) is 462 Å². The Balaban J connectivity index is 0.725. The van der Waals surface area contributed by atoms with Crippen LogP contribution >= 0.6 is 0 Å². The van der Waals surface area contributed by atoms with Crippen molar-refractivity contribution in [1.82, 2.24) is 55.3 Å². The molecule has 5 atom stereocenters. The molecule has 5 heterocycles. The zero-order valence-electron chi connectivity index (χ0n) is 62.6. The maximum absolute atomic E-state index is 14.5. The van der Waals surface area contributed by atoms with Crippen molar-refractivity contribution in [3.05, 3.63) is 141 Å². The molecule has 2 aromatic heterocycles. The number of aryl methyl sites for hydroxylation is 1. The number of cyclic esters (lactones) is 1. The number of hydrogen-bond donors (Lipinski definition) is 10. The molecular formula is C75H89N15O20S. The Morgan fingerprint density at radius 1 is 0.685 bits per heavy atom. The number of ether oxygens (including phenoxy) is 2. The number of benzene rings is 4. The number of rotatable bonds is 31. The number of likely N-dealkylation sites (N-methyl/N-ethyl adjacent to an activating group) is 4. The van der Waals surface area contributed by atoms with Gasteiger partial charge >= 0.3 is 42.0 Å². The molecule has 4 aromatic carbocycles. The molecule has 3 aliphatic rings. The van der Waals surface area contributed by atoms with Gasteiger partial charge in [0.05, 0.1) is 72.4 Å². The molecule has 0 radical (unpaired) electrons. The standard InChI is InChI=1S/C75H89N15O20S/c1-10-29-76-72(104)78-46-19-16-21-48(32-46)111(107,108)84-47-20-15-18-43(31-47)55(34-63(95)96)82-73(105)77-44-25-27-45(28-26-44)79-74(106)88(9)40-62(94)87(8)39-61(93)86(7)38-60(92)85(6)37-59(91)80-56(35-64(97)98)69(101)89-30-17-24-57(89)67(99)83-65(42(4)5)70(102)110-75(12-3)53-33-58-66-51(36-90(58)68(100)52(53)41-109-71(75)103)49(11-2)50-22-13-14-23-54(50)81-66/h13-16,18-23,25-28,31-33,42,55-57,65,84H,10-12,17,24,29-30,34-41H2,1-9H3,(H,79,106)(H,80,91)(H,83,99)(H,95,96)(H,97,98)(H2,76,78,104)(H2,77,82,105)/t55-,56+,57+,65+,75?/m1/s1. The van der Waals surface area contributed by atoms with E-state index in [4.69, 9.17) is 14.5 Å². The van der Waals surface area contributed by atoms with Crippen LogP contribution in [0.25, 0.3) is 22.3 Å². The molecule has 36 heteroatoms. The lowest BCUT2D eigenvalue weighted by Gasteiger charge is -2.37. The third-order valence-electron chi connectivity index (χ3n) is 19.1. The van der Waals surface area contributed by atoms with E-state index >= 15 is 0 Å². The molecule has 10 N–H and O–H groups in total. The van der Waals surface area contributed by atoms with E-state index < -0.39 is 168 Å². The highest BCUT2D eigenvalue weighted by Crippen LogP contribution is 2.43. The highest BCUT2D eigenvalue weighted by atomic mass is 32.2. The van der Waals surface area contributed by atoms with E-state index in [0.717, 1.165) is 41.0 Å². The van der Waals surface area contributed by atoms with Crippen molar-refractivity contribution in [2.75, 3.05) is 88.1 Å². The van der Waals surface area contributed by atoms with Crippen molar-refractivity contribution >= 4 is 121 Å². The van der Waals surface area contributed by atoms with Crippen LogP contribution in [0.2, 0.25) is 0 Å². The fourth-order valence-corrected chi connectivity index (χ4v) is 14.2. The van der Waals surface area contributed by atoms with Crippen LogP contribution in [0.3, 0.4) is 0 Å². The molecule has 35 nitrogen and oxygen atoms in total. The van der Waals surface area contributed by atoms with Crippen LogP contribution in [0, 0.1) is 5.92 Å². The number of carboxylic acid groups (broad SMARTS) is 2. The summed E-state index contributed by atoms with van der Waals surface area (Å²) in [7, 11) is 0.820. The van der Waals surface area contributed by atoms with Gasteiger partial charge in [0.2, 0.25) is 41.0 Å². The fourth-order valence-electron chi connectivity index (χ4n) is 13.1. The van der Waals surface area contributed by atoms with Crippen LogP contribution < -0.4 is 47.5 Å². The minimum absolute atomic E-state index is 0.0436. The predicted octanol–water partition coefficient (Wildman–Crippen LogP) is 4.49. The van der Waals surface area contributed by atoms with Crippen molar-refractivity contribution < 1.29 is 90.4 Å². The Bertz CT molecular complexity index is 4840. The van der Waals surface area contributed by atoms with Crippen molar-refractivity contribution in [2.24, 2.45) is 5.92 Å². The summed E-state index contributed by atoms with van der Waals surface area (Å²) in [6, 6.07) is 18.4. The van der Waals surface area contributed by atoms with Gasteiger partial charge in [-0.25, -0.2) is 37.4 Å². The van der Waals surface area contributed by atoms with E-state index in [1.165, 1.54) is 101 Å². The molecule has 3 aliphatic heterocycles. The van der Waals surface area contributed by atoms with E-state index in [2.05, 4.69) is 41.9 Å². The number of anilines is 4. The number of likely N-dealkylation sites (tertiary alicyclic amines) is 1. The fraction of sp³-hybridized carbons (Fsp3) is 0.400. The van der Waals surface area contributed by atoms with Crippen LogP contribution in [0.15, 0.2) is 113 Å². The second-order valence-electron chi connectivity index (χ2n) is 27.4. The number of nitrogens with one attached hydrogen (secondary N) is 8. The average molecular weight is 1550 g/mol. The van der Waals surface area contributed by atoms with Crippen molar-refractivity contribution in [1.29, 1.82) is 0 Å². The normalized spacial score (nSPS) is 15.5. The molecular weight excluding hydrogens is 1460 g/mol. The summed E-state index contributed by atoms with van der Waals surface area (Å²) in [5, 5.41) is 38.6.